The van der Waals surface area contributed by atoms with E-state index in [1.807, 2.05) is 0 Å². The van der Waals surface area contributed by atoms with Crippen LogP contribution >= 0.6 is 0 Å². The van der Waals surface area contributed by atoms with Gasteiger partial charge in [0.05, 0.1) is 0 Å². The lowest BCUT2D eigenvalue weighted by Gasteiger charge is -2.18. The highest BCUT2D eigenvalue weighted by Gasteiger charge is 2.17. The van der Waals surface area contributed by atoms with Crippen LogP contribution in [0, 0.1) is 0 Å². The second kappa shape index (κ2) is 6.42. The van der Waals surface area contributed by atoms with E-state index in [4.69, 9.17) is 5.11 Å². The highest BCUT2D eigenvalue weighted by atomic mass is 16.4. The van der Waals surface area contributed by atoms with Gasteiger partial charge in [-0.15, -0.1) is 16.8 Å². The van der Waals surface area contributed by atoms with Gasteiger partial charge in [0.15, 0.2) is 0 Å². The smallest absolute Gasteiger partial charge is 0.323 e. The van der Waals surface area contributed by atoms with Crippen molar-refractivity contribution in [2.75, 3.05) is 13.1 Å². The van der Waals surface area contributed by atoms with Crippen LogP contribution in [0.25, 0.3) is 11.4 Å². The molecule has 0 aliphatic heterocycles. The molecular weight excluding hydrogens is 274 g/mol. The zero-order chi connectivity index (χ0) is 15.2. The normalized spacial score (nSPS) is 10.1. The van der Waals surface area contributed by atoms with Crippen LogP contribution in [0.15, 0.2) is 36.9 Å². The van der Waals surface area contributed by atoms with Crippen LogP contribution in [0.2, 0.25) is 0 Å². The van der Waals surface area contributed by atoms with Crippen LogP contribution in [0.3, 0.4) is 0 Å². The number of carboxylic acid groups (broad SMARTS) is 1. The standard InChI is InChI=1S/C13H13N5O3/c1-2-7-18(8-11(19)20)13(21)10-5-3-9(4-6-10)12-14-16-17-15-12/h2-6H,1,7-8H2,(H,19,20)(H,14,15,16,17). The highest BCUT2D eigenvalue weighted by Crippen LogP contribution is 2.15. The number of nitrogens with one attached hydrogen (secondary N) is 1. The Morgan fingerprint density at radius 1 is 1.33 bits per heavy atom. The second-order valence-electron chi connectivity index (χ2n) is 4.18. The van der Waals surface area contributed by atoms with Crippen LogP contribution < -0.4 is 0 Å². The number of nitrogens with zero attached hydrogens (tertiary/aromatic N) is 4. The molecule has 0 atom stereocenters. The predicted molar refractivity (Wildman–Crippen MR) is 73.4 cm³/mol. The first kappa shape index (κ1) is 14.4. The molecule has 0 spiro atoms. The summed E-state index contributed by atoms with van der Waals surface area (Å²) in [5.74, 6) is -1.03. The minimum Gasteiger partial charge on any atom is -0.480 e. The Balaban J connectivity index is 2.18. The van der Waals surface area contributed by atoms with Crippen LogP contribution in [0.5, 0.6) is 0 Å². The van der Waals surface area contributed by atoms with E-state index in [1.54, 1.807) is 24.3 Å². The Bertz CT molecular complexity index is 636. The minimum atomic E-state index is -1.08. The third-order valence-electron chi connectivity index (χ3n) is 2.70. The van der Waals surface area contributed by atoms with Crippen molar-refractivity contribution in [2.45, 2.75) is 0 Å². The van der Waals surface area contributed by atoms with Crippen molar-refractivity contribution >= 4 is 11.9 Å². The lowest BCUT2D eigenvalue weighted by Crippen LogP contribution is -2.35. The van der Waals surface area contributed by atoms with Gasteiger partial charge in [0.1, 0.15) is 6.54 Å². The number of hydrogen-bond donors (Lipinski definition) is 2. The van der Waals surface area contributed by atoms with E-state index in [2.05, 4.69) is 27.2 Å². The second-order valence-corrected chi connectivity index (χ2v) is 4.18. The summed E-state index contributed by atoms with van der Waals surface area (Å²) >= 11 is 0. The van der Waals surface area contributed by atoms with Crippen molar-refractivity contribution in [1.82, 2.24) is 25.5 Å². The topological polar surface area (TPSA) is 112 Å². The van der Waals surface area contributed by atoms with Crippen molar-refractivity contribution in [3.63, 3.8) is 0 Å². The first-order valence-electron chi connectivity index (χ1n) is 6.07. The number of carboxylic acids is 1. The third-order valence-corrected chi connectivity index (χ3v) is 2.70. The molecule has 0 fully saturated rings. The Morgan fingerprint density at radius 2 is 2.05 bits per heavy atom. The zero-order valence-corrected chi connectivity index (χ0v) is 11.1. The molecule has 0 unspecified atom stereocenters. The number of aromatic amines is 1. The molecular formula is C13H13N5O3. The fraction of sp³-hybridized carbons (Fsp3) is 0.154. The molecule has 1 amide bonds. The Hall–Kier alpha value is -3.03. The van der Waals surface area contributed by atoms with Gasteiger partial charge in [-0.1, -0.05) is 18.2 Å². The summed E-state index contributed by atoms with van der Waals surface area (Å²) in [6.45, 7) is 3.30. The number of rotatable bonds is 6. The number of hydrogen-bond acceptors (Lipinski definition) is 5. The monoisotopic (exact) mass is 287 g/mol. The van der Waals surface area contributed by atoms with Gasteiger partial charge in [-0.3, -0.25) is 9.59 Å². The van der Waals surface area contributed by atoms with Crippen LogP contribution in [0.1, 0.15) is 10.4 Å². The quantitative estimate of drug-likeness (QED) is 0.751. The molecule has 1 aromatic heterocycles. The molecule has 8 heteroatoms. The van der Waals surface area contributed by atoms with Crippen molar-refractivity contribution in [3.8, 4) is 11.4 Å². The van der Waals surface area contributed by atoms with E-state index >= 15 is 0 Å². The number of benzene rings is 1. The lowest BCUT2D eigenvalue weighted by atomic mass is 10.1. The number of carbonyl (C=O) groups is 2. The van der Waals surface area contributed by atoms with Crippen LogP contribution in [-0.2, 0) is 4.79 Å². The average molecular weight is 287 g/mol. The molecule has 21 heavy (non-hydrogen) atoms. The summed E-state index contributed by atoms with van der Waals surface area (Å²) in [4.78, 5) is 24.2. The number of aromatic nitrogens is 4. The Labute approximate surface area is 120 Å². The van der Waals surface area contributed by atoms with Gasteiger partial charge in [0.2, 0.25) is 5.82 Å². The molecule has 0 radical (unpaired) electrons. The molecule has 8 nitrogen and oxygen atoms in total. The maximum Gasteiger partial charge on any atom is 0.323 e. The van der Waals surface area contributed by atoms with Gasteiger partial charge in [0.25, 0.3) is 5.91 Å². The lowest BCUT2D eigenvalue weighted by molar-refractivity contribution is -0.137. The number of amides is 1. The SMILES string of the molecule is C=CCN(CC(=O)O)C(=O)c1ccc(-c2nn[nH]n2)cc1. The molecule has 1 heterocycles. The number of tetrazole rings is 1. The van der Waals surface area contributed by atoms with Crippen molar-refractivity contribution in [3.05, 3.63) is 42.5 Å². The summed E-state index contributed by atoms with van der Waals surface area (Å²) in [5.41, 5.74) is 1.08. The zero-order valence-electron chi connectivity index (χ0n) is 11.1. The largest absolute Gasteiger partial charge is 0.480 e. The van der Waals surface area contributed by atoms with Crippen molar-refractivity contribution in [2.24, 2.45) is 0 Å². The molecule has 0 aliphatic rings. The van der Waals surface area contributed by atoms with E-state index in [0.29, 0.717) is 17.0 Å². The van der Waals surface area contributed by atoms with E-state index in [-0.39, 0.29) is 19.0 Å². The molecule has 2 rings (SSSR count). The molecule has 2 N–H and O–H groups in total. The van der Waals surface area contributed by atoms with Gasteiger partial charge in [-0.25, -0.2) is 0 Å². The summed E-state index contributed by atoms with van der Waals surface area (Å²) in [6.07, 6.45) is 1.48. The van der Waals surface area contributed by atoms with Gasteiger partial charge < -0.3 is 10.0 Å². The van der Waals surface area contributed by atoms with Gasteiger partial charge in [-0.05, 0) is 17.3 Å². The Kier molecular flexibility index (Phi) is 4.39. The van der Waals surface area contributed by atoms with Crippen molar-refractivity contribution in [1.29, 1.82) is 0 Å². The summed E-state index contributed by atoms with van der Waals surface area (Å²) in [6, 6.07) is 6.52. The molecule has 2 aromatic rings. The summed E-state index contributed by atoms with van der Waals surface area (Å²) in [5, 5.41) is 22.3. The Morgan fingerprint density at radius 3 is 2.57 bits per heavy atom. The molecule has 1 aromatic carbocycles. The minimum absolute atomic E-state index is 0.164. The van der Waals surface area contributed by atoms with Crippen LogP contribution in [0.4, 0.5) is 0 Å². The van der Waals surface area contributed by atoms with E-state index < -0.39 is 5.97 Å². The first-order chi connectivity index (χ1) is 10.1. The van der Waals surface area contributed by atoms with Crippen LogP contribution in [-0.4, -0.2) is 55.6 Å². The first-order valence-corrected chi connectivity index (χ1v) is 6.07. The van der Waals surface area contributed by atoms with E-state index in [0.717, 1.165) is 0 Å². The molecule has 108 valence electrons. The molecule has 0 saturated carbocycles. The maximum atomic E-state index is 12.2. The fourth-order valence-corrected chi connectivity index (χ4v) is 1.77. The van der Waals surface area contributed by atoms with Gasteiger partial charge in [0, 0.05) is 17.7 Å². The van der Waals surface area contributed by atoms with Gasteiger partial charge in [-0.2, -0.15) is 5.21 Å². The van der Waals surface area contributed by atoms with E-state index in [1.165, 1.54) is 11.0 Å². The molecule has 0 saturated heterocycles. The van der Waals surface area contributed by atoms with Gasteiger partial charge >= 0.3 is 5.97 Å². The highest BCUT2D eigenvalue weighted by molar-refractivity contribution is 5.96. The summed E-state index contributed by atoms with van der Waals surface area (Å²) in [7, 11) is 0. The fourth-order valence-electron chi connectivity index (χ4n) is 1.77. The third kappa shape index (κ3) is 3.50. The average Bonchev–Trinajstić information content (AvgIpc) is 3.00. The molecule has 0 aliphatic carbocycles. The number of H-pyrrole nitrogens is 1. The van der Waals surface area contributed by atoms with Crippen molar-refractivity contribution < 1.29 is 14.7 Å². The number of aliphatic carboxylic acids is 1. The van der Waals surface area contributed by atoms with E-state index in [9.17, 15) is 9.59 Å². The maximum absolute atomic E-state index is 12.2. The number of carbonyl (C=O) groups excluding carboxylic acids is 1. The predicted octanol–water partition coefficient (Wildman–Crippen LogP) is 0.579. The summed E-state index contributed by atoms with van der Waals surface area (Å²) < 4.78 is 0. The molecule has 0 bridgehead atoms.